The zero-order valence-electron chi connectivity index (χ0n) is 10.5. The van der Waals surface area contributed by atoms with Gasteiger partial charge in [-0.15, -0.1) is 0 Å². The summed E-state index contributed by atoms with van der Waals surface area (Å²) in [6.07, 6.45) is 0. The minimum absolute atomic E-state index is 0.0653. The Hall–Kier alpha value is -2.14. The molecular formula is C14H15N3OS. The van der Waals surface area contributed by atoms with Gasteiger partial charge in [0.15, 0.2) is 5.96 Å². The Morgan fingerprint density at radius 1 is 0.947 bits per heavy atom. The Labute approximate surface area is 116 Å². The number of hydrogen-bond acceptors (Lipinski definition) is 3. The van der Waals surface area contributed by atoms with Gasteiger partial charge in [-0.2, -0.15) is 0 Å². The molecule has 4 N–H and O–H groups in total. The first-order valence-corrected chi connectivity index (χ1v) is 6.50. The minimum atomic E-state index is 0.0653. The second-order valence-electron chi connectivity index (χ2n) is 3.81. The number of nitrogens with two attached hydrogens (primary N) is 2. The van der Waals surface area contributed by atoms with Crippen LogP contribution >= 0.6 is 11.8 Å². The minimum Gasteiger partial charge on any atom is -0.497 e. The van der Waals surface area contributed by atoms with Gasteiger partial charge >= 0.3 is 0 Å². The van der Waals surface area contributed by atoms with Crippen LogP contribution in [0.15, 0.2) is 63.3 Å². The van der Waals surface area contributed by atoms with Crippen LogP contribution < -0.4 is 16.2 Å². The van der Waals surface area contributed by atoms with Crippen molar-refractivity contribution < 1.29 is 4.74 Å². The van der Waals surface area contributed by atoms with Gasteiger partial charge in [-0.3, -0.25) is 0 Å². The van der Waals surface area contributed by atoms with E-state index >= 15 is 0 Å². The number of benzene rings is 2. The molecule has 2 aromatic carbocycles. The highest BCUT2D eigenvalue weighted by molar-refractivity contribution is 7.99. The molecule has 0 unspecified atom stereocenters. The molecule has 0 heterocycles. The van der Waals surface area contributed by atoms with Crippen molar-refractivity contribution in [1.29, 1.82) is 0 Å². The molecule has 0 aliphatic rings. The summed E-state index contributed by atoms with van der Waals surface area (Å²) in [6, 6.07) is 15.7. The Bertz CT molecular complexity index is 560. The molecule has 0 saturated heterocycles. The molecule has 19 heavy (non-hydrogen) atoms. The standard InChI is InChI=1S/C14H15N3OS/c1-18-11-4-8-13(9-5-11)19-12-6-2-10(3-7-12)17-14(15)16/h2-9H,1H3,(H4,15,16,17). The number of ether oxygens (including phenoxy) is 1. The fourth-order valence-corrected chi connectivity index (χ4v) is 2.33. The monoisotopic (exact) mass is 273 g/mol. The van der Waals surface area contributed by atoms with Crippen LogP contribution in [0.1, 0.15) is 0 Å². The topological polar surface area (TPSA) is 73.6 Å². The normalized spacial score (nSPS) is 9.95. The largest absolute Gasteiger partial charge is 0.497 e. The van der Waals surface area contributed by atoms with Crippen LogP contribution in [0.25, 0.3) is 0 Å². The first-order valence-electron chi connectivity index (χ1n) is 5.69. The first-order chi connectivity index (χ1) is 9.17. The van der Waals surface area contributed by atoms with Crippen molar-refractivity contribution in [2.24, 2.45) is 16.5 Å². The smallest absolute Gasteiger partial charge is 0.191 e. The molecule has 2 rings (SSSR count). The third-order valence-electron chi connectivity index (χ3n) is 2.39. The van der Waals surface area contributed by atoms with E-state index in [9.17, 15) is 0 Å². The van der Waals surface area contributed by atoms with Gasteiger partial charge in [0.25, 0.3) is 0 Å². The molecule has 0 aromatic heterocycles. The number of methoxy groups -OCH3 is 1. The summed E-state index contributed by atoms with van der Waals surface area (Å²) in [6.45, 7) is 0. The van der Waals surface area contributed by atoms with Gasteiger partial charge in [-0.1, -0.05) is 11.8 Å². The number of guanidine groups is 1. The summed E-state index contributed by atoms with van der Waals surface area (Å²) < 4.78 is 5.12. The van der Waals surface area contributed by atoms with E-state index in [1.807, 2.05) is 48.5 Å². The molecule has 0 radical (unpaired) electrons. The lowest BCUT2D eigenvalue weighted by Gasteiger charge is -2.04. The van der Waals surface area contributed by atoms with Crippen LogP contribution in [-0.4, -0.2) is 13.1 Å². The molecule has 98 valence electrons. The lowest BCUT2D eigenvalue weighted by molar-refractivity contribution is 0.414. The summed E-state index contributed by atoms with van der Waals surface area (Å²) in [5.41, 5.74) is 11.4. The van der Waals surface area contributed by atoms with Gasteiger partial charge in [0.1, 0.15) is 5.75 Å². The van der Waals surface area contributed by atoms with Gasteiger partial charge in [0, 0.05) is 9.79 Å². The Morgan fingerprint density at radius 3 is 1.95 bits per heavy atom. The van der Waals surface area contributed by atoms with E-state index in [0.29, 0.717) is 0 Å². The molecule has 2 aromatic rings. The highest BCUT2D eigenvalue weighted by atomic mass is 32.2. The maximum atomic E-state index is 5.32. The van der Waals surface area contributed by atoms with E-state index in [0.717, 1.165) is 21.2 Å². The number of hydrogen-bond donors (Lipinski definition) is 2. The second kappa shape index (κ2) is 6.15. The van der Waals surface area contributed by atoms with E-state index in [2.05, 4.69) is 4.99 Å². The zero-order chi connectivity index (χ0) is 13.7. The molecule has 0 fully saturated rings. The van der Waals surface area contributed by atoms with Crippen LogP contribution in [0.4, 0.5) is 5.69 Å². The molecule has 0 amide bonds. The number of rotatable bonds is 4. The van der Waals surface area contributed by atoms with Crippen molar-refractivity contribution in [3.8, 4) is 5.75 Å². The molecule has 0 atom stereocenters. The van der Waals surface area contributed by atoms with Gasteiger partial charge in [-0.25, -0.2) is 4.99 Å². The highest BCUT2D eigenvalue weighted by Crippen LogP contribution is 2.30. The van der Waals surface area contributed by atoms with Crippen LogP contribution in [0.3, 0.4) is 0 Å². The summed E-state index contributed by atoms with van der Waals surface area (Å²) >= 11 is 1.67. The lowest BCUT2D eigenvalue weighted by Crippen LogP contribution is -2.21. The molecule has 0 saturated carbocycles. The first kappa shape index (κ1) is 13.3. The van der Waals surface area contributed by atoms with E-state index in [1.54, 1.807) is 18.9 Å². The number of nitrogens with zero attached hydrogens (tertiary/aromatic N) is 1. The molecule has 0 aliphatic carbocycles. The maximum Gasteiger partial charge on any atom is 0.191 e. The van der Waals surface area contributed by atoms with Gasteiger partial charge in [0.05, 0.1) is 12.8 Å². The summed E-state index contributed by atoms with van der Waals surface area (Å²) in [7, 11) is 1.66. The van der Waals surface area contributed by atoms with Crippen molar-refractivity contribution in [1.82, 2.24) is 0 Å². The quantitative estimate of drug-likeness (QED) is 0.663. The maximum absolute atomic E-state index is 5.32. The second-order valence-corrected chi connectivity index (χ2v) is 4.96. The fourth-order valence-electron chi connectivity index (χ4n) is 1.52. The molecule has 0 aliphatic heterocycles. The molecule has 0 bridgehead atoms. The third-order valence-corrected chi connectivity index (χ3v) is 3.41. The number of aliphatic imine (C=N–C) groups is 1. The Kier molecular flexibility index (Phi) is 4.30. The summed E-state index contributed by atoms with van der Waals surface area (Å²) in [4.78, 5) is 6.25. The molecule has 4 nitrogen and oxygen atoms in total. The third kappa shape index (κ3) is 3.93. The Balaban J connectivity index is 2.08. The van der Waals surface area contributed by atoms with Crippen LogP contribution in [0.5, 0.6) is 5.75 Å². The van der Waals surface area contributed by atoms with Crippen LogP contribution in [0.2, 0.25) is 0 Å². The highest BCUT2D eigenvalue weighted by Gasteiger charge is 1.99. The predicted molar refractivity (Wildman–Crippen MR) is 79.0 cm³/mol. The van der Waals surface area contributed by atoms with Crippen molar-refractivity contribution in [2.75, 3.05) is 7.11 Å². The van der Waals surface area contributed by atoms with Crippen molar-refractivity contribution >= 4 is 23.4 Å². The van der Waals surface area contributed by atoms with Gasteiger partial charge in [-0.05, 0) is 48.5 Å². The Morgan fingerprint density at radius 2 is 1.47 bits per heavy atom. The predicted octanol–water partition coefficient (Wildman–Crippen LogP) is 2.75. The average molecular weight is 273 g/mol. The summed E-state index contributed by atoms with van der Waals surface area (Å²) in [5, 5.41) is 0. The van der Waals surface area contributed by atoms with Crippen molar-refractivity contribution in [3.05, 3.63) is 48.5 Å². The molecule has 5 heteroatoms. The summed E-state index contributed by atoms with van der Waals surface area (Å²) in [5.74, 6) is 0.919. The van der Waals surface area contributed by atoms with Gasteiger partial charge in [0.2, 0.25) is 0 Å². The van der Waals surface area contributed by atoms with Crippen LogP contribution in [-0.2, 0) is 0 Å². The average Bonchev–Trinajstić information content (AvgIpc) is 2.41. The zero-order valence-corrected chi connectivity index (χ0v) is 11.4. The van der Waals surface area contributed by atoms with Crippen LogP contribution in [0, 0.1) is 0 Å². The molecular weight excluding hydrogens is 258 g/mol. The molecule has 0 spiro atoms. The fraction of sp³-hybridized carbons (Fsp3) is 0.0714. The van der Waals surface area contributed by atoms with E-state index < -0.39 is 0 Å². The van der Waals surface area contributed by atoms with E-state index in [1.165, 1.54) is 0 Å². The lowest BCUT2D eigenvalue weighted by atomic mass is 10.3. The van der Waals surface area contributed by atoms with Gasteiger partial charge < -0.3 is 16.2 Å². The van der Waals surface area contributed by atoms with E-state index in [4.69, 9.17) is 16.2 Å². The van der Waals surface area contributed by atoms with Crippen molar-refractivity contribution in [2.45, 2.75) is 9.79 Å². The SMILES string of the molecule is COc1ccc(Sc2ccc(N=C(N)N)cc2)cc1. The van der Waals surface area contributed by atoms with E-state index in [-0.39, 0.29) is 5.96 Å². The van der Waals surface area contributed by atoms with Crippen molar-refractivity contribution in [3.63, 3.8) is 0 Å².